The standard InChI is InChI=1S/C6H9FN2/c1-4(8)5-2-9-3-6(5)7/h2-4,9H,8H2,1H3/t4-/m0/s1. The molecule has 2 nitrogen and oxygen atoms in total. The van der Waals surface area contributed by atoms with Crippen LogP contribution in [-0.4, -0.2) is 4.98 Å². The highest BCUT2D eigenvalue weighted by atomic mass is 19.1. The van der Waals surface area contributed by atoms with Crippen LogP contribution >= 0.6 is 0 Å². The van der Waals surface area contributed by atoms with Crippen LogP contribution < -0.4 is 5.73 Å². The normalized spacial score (nSPS) is 13.7. The monoisotopic (exact) mass is 128 g/mol. The third-order valence-electron chi connectivity index (χ3n) is 1.22. The number of halogens is 1. The van der Waals surface area contributed by atoms with Crippen LogP contribution in [0.3, 0.4) is 0 Å². The summed E-state index contributed by atoms with van der Waals surface area (Å²) in [7, 11) is 0. The first-order valence-corrected chi connectivity index (χ1v) is 2.79. The van der Waals surface area contributed by atoms with E-state index in [9.17, 15) is 4.39 Å². The average molecular weight is 128 g/mol. The Morgan fingerprint density at radius 2 is 2.33 bits per heavy atom. The smallest absolute Gasteiger partial charge is 0.145 e. The maximum absolute atomic E-state index is 12.5. The molecular weight excluding hydrogens is 119 g/mol. The van der Waals surface area contributed by atoms with Gasteiger partial charge in [0, 0.05) is 24.0 Å². The number of H-pyrrole nitrogens is 1. The molecule has 0 aliphatic rings. The van der Waals surface area contributed by atoms with E-state index in [4.69, 9.17) is 5.73 Å². The Balaban J connectivity index is 2.94. The minimum Gasteiger partial charge on any atom is -0.365 e. The lowest BCUT2D eigenvalue weighted by molar-refractivity contribution is 0.599. The van der Waals surface area contributed by atoms with Crippen molar-refractivity contribution in [2.45, 2.75) is 13.0 Å². The summed E-state index contributed by atoms with van der Waals surface area (Å²) in [5.41, 5.74) is 5.94. The molecular formula is C6H9FN2. The molecule has 0 aromatic carbocycles. The maximum Gasteiger partial charge on any atom is 0.145 e. The van der Waals surface area contributed by atoms with Crippen molar-refractivity contribution in [3.8, 4) is 0 Å². The lowest BCUT2D eigenvalue weighted by Gasteiger charge is -1.98. The number of aromatic nitrogens is 1. The van der Waals surface area contributed by atoms with Gasteiger partial charge in [0.05, 0.1) is 0 Å². The Kier molecular flexibility index (Phi) is 1.53. The molecule has 0 spiro atoms. The topological polar surface area (TPSA) is 41.8 Å². The van der Waals surface area contributed by atoms with Crippen LogP contribution in [-0.2, 0) is 0 Å². The van der Waals surface area contributed by atoms with Gasteiger partial charge in [-0.3, -0.25) is 0 Å². The predicted molar refractivity (Wildman–Crippen MR) is 33.4 cm³/mol. The van der Waals surface area contributed by atoms with E-state index in [0.29, 0.717) is 5.56 Å². The van der Waals surface area contributed by atoms with E-state index in [1.54, 1.807) is 13.1 Å². The van der Waals surface area contributed by atoms with Crippen molar-refractivity contribution in [3.63, 3.8) is 0 Å². The fourth-order valence-corrected chi connectivity index (χ4v) is 0.706. The van der Waals surface area contributed by atoms with E-state index in [0.717, 1.165) is 0 Å². The molecule has 1 rings (SSSR count). The van der Waals surface area contributed by atoms with Crippen LogP contribution in [0.25, 0.3) is 0 Å². The minimum absolute atomic E-state index is 0.226. The van der Waals surface area contributed by atoms with Gasteiger partial charge in [-0.1, -0.05) is 0 Å². The fourth-order valence-electron chi connectivity index (χ4n) is 0.706. The molecule has 1 atom stereocenters. The molecule has 0 aliphatic carbocycles. The molecule has 0 aliphatic heterocycles. The van der Waals surface area contributed by atoms with Gasteiger partial charge in [0.1, 0.15) is 5.82 Å². The Morgan fingerprint density at radius 1 is 1.67 bits per heavy atom. The highest BCUT2D eigenvalue weighted by Crippen LogP contribution is 2.11. The summed E-state index contributed by atoms with van der Waals surface area (Å²) in [5.74, 6) is -0.259. The van der Waals surface area contributed by atoms with Crippen LogP contribution in [0.2, 0.25) is 0 Å². The van der Waals surface area contributed by atoms with Crippen LogP contribution in [0.4, 0.5) is 4.39 Å². The van der Waals surface area contributed by atoms with Gasteiger partial charge in [0.15, 0.2) is 0 Å². The summed E-state index contributed by atoms with van der Waals surface area (Å²) < 4.78 is 12.5. The van der Waals surface area contributed by atoms with Gasteiger partial charge >= 0.3 is 0 Å². The SMILES string of the molecule is C[C@H](N)c1c[nH]cc1F. The maximum atomic E-state index is 12.5. The summed E-state index contributed by atoms with van der Waals surface area (Å²) in [4.78, 5) is 2.62. The summed E-state index contributed by atoms with van der Waals surface area (Å²) >= 11 is 0. The Bertz CT molecular complexity index is 193. The molecule has 0 saturated carbocycles. The van der Waals surface area contributed by atoms with Crippen molar-refractivity contribution in [2.24, 2.45) is 5.73 Å². The van der Waals surface area contributed by atoms with E-state index in [-0.39, 0.29) is 11.9 Å². The van der Waals surface area contributed by atoms with E-state index in [1.165, 1.54) is 6.20 Å². The first-order valence-electron chi connectivity index (χ1n) is 2.79. The molecule has 1 aromatic heterocycles. The van der Waals surface area contributed by atoms with E-state index >= 15 is 0 Å². The second-order valence-corrected chi connectivity index (χ2v) is 2.05. The fraction of sp³-hybridized carbons (Fsp3) is 0.333. The summed E-state index contributed by atoms with van der Waals surface area (Å²) in [5, 5.41) is 0. The van der Waals surface area contributed by atoms with Crippen LogP contribution in [0.1, 0.15) is 18.5 Å². The molecule has 0 fully saturated rings. The Hall–Kier alpha value is -0.830. The average Bonchev–Trinajstić information content (AvgIpc) is 2.13. The first kappa shape index (κ1) is 6.29. The Morgan fingerprint density at radius 3 is 2.56 bits per heavy atom. The molecule has 0 saturated heterocycles. The molecule has 0 amide bonds. The minimum atomic E-state index is -0.259. The molecule has 9 heavy (non-hydrogen) atoms. The third-order valence-corrected chi connectivity index (χ3v) is 1.22. The van der Waals surface area contributed by atoms with Gasteiger partial charge in [-0.25, -0.2) is 4.39 Å². The highest BCUT2D eigenvalue weighted by Gasteiger charge is 2.05. The van der Waals surface area contributed by atoms with Gasteiger partial charge < -0.3 is 10.7 Å². The van der Waals surface area contributed by atoms with Gasteiger partial charge in [-0.2, -0.15) is 0 Å². The molecule has 50 valence electrons. The molecule has 0 bridgehead atoms. The lowest BCUT2D eigenvalue weighted by Crippen LogP contribution is -2.04. The van der Waals surface area contributed by atoms with Crippen molar-refractivity contribution in [1.82, 2.24) is 4.98 Å². The number of nitrogens with two attached hydrogens (primary N) is 1. The van der Waals surface area contributed by atoms with Gasteiger partial charge in [-0.15, -0.1) is 0 Å². The zero-order valence-corrected chi connectivity index (χ0v) is 5.19. The zero-order valence-electron chi connectivity index (χ0n) is 5.19. The molecule has 1 heterocycles. The van der Waals surface area contributed by atoms with E-state index in [1.807, 2.05) is 0 Å². The van der Waals surface area contributed by atoms with Crippen molar-refractivity contribution >= 4 is 0 Å². The summed E-state index contributed by atoms with van der Waals surface area (Å²) in [6.45, 7) is 1.74. The molecule has 3 heteroatoms. The number of nitrogens with one attached hydrogen (secondary N) is 1. The summed E-state index contributed by atoms with van der Waals surface area (Å²) in [6.07, 6.45) is 2.86. The lowest BCUT2D eigenvalue weighted by atomic mass is 10.2. The molecule has 0 unspecified atom stereocenters. The number of hydrogen-bond donors (Lipinski definition) is 2. The molecule has 0 radical (unpaired) electrons. The Labute approximate surface area is 52.9 Å². The predicted octanol–water partition coefficient (Wildman–Crippen LogP) is 1.17. The number of aromatic amines is 1. The molecule has 1 aromatic rings. The molecule has 3 N–H and O–H groups in total. The zero-order chi connectivity index (χ0) is 6.85. The number of hydrogen-bond acceptors (Lipinski definition) is 1. The third kappa shape index (κ3) is 1.10. The van der Waals surface area contributed by atoms with Crippen LogP contribution in [0.5, 0.6) is 0 Å². The highest BCUT2D eigenvalue weighted by molar-refractivity contribution is 5.14. The van der Waals surface area contributed by atoms with Crippen molar-refractivity contribution < 1.29 is 4.39 Å². The van der Waals surface area contributed by atoms with Gasteiger partial charge in [-0.05, 0) is 6.92 Å². The van der Waals surface area contributed by atoms with E-state index in [2.05, 4.69) is 4.98 Å². The largest absolute Gasteiger partial charge is 0.365 e. The van der Waals surface area contributed by atoms with Gasteiger partial charge in [0.25, 0.3) is 0 Å². The quantitative estimate of drug-likeness (QED) is 0.585. The van der Waals surface area contributed by atoms with Crippen LogP contribution in [0.15, 0.2) is 12.4 Å². The number of rotatable bonds is 1. The van der Waals surface area contributed by atoms with Gasteiger partial charge in [0.2, 0.25) is 0 Å². The van der Waals surface area contributed by atoms with Crippen molar-refractivity contribution in [2.75, 3.05) is 0 Å². The summed E-state index contributed by atoms with van der Waals surface area (Å²) in [6, 6.07) is -0.226. The van der Waals surface area contributed by atoms with Crippen LogP contribution in [0, 0.1) is 5.82 Å². The second kappa shape index (κ2) is 2.19. The van der Waals surface area contributed by atoms with Crippen molar-refractivity contribution in [3.05, 3.63) is 23.8 Å². The first-order chi connectivity index (χ1) is 4.22. The van der Waals surface area contributed by atoms with E-state index < -0.39 is 0 Å². The second-order valence-electron chi connectivity index (χ2n) is 2.05. The van der Waals surface area contributed by atoms with Crippen molar-refractivity contribution in [1.29, 1.82) is 0 Å².